The summed E-state index contributed by atoms with van der Waals surface area (Å²) >= 11 is 0. The van der Waals surface area contributed by atoms with Crippen LogP contribution >= 0.6 is 0 Å². The second kappa shape index (κ2) is 13.4. The van der Waals surface area contributed by atoms with E-state index in [1.54, 1.807) is 0 Å². The molecule has 224 valence electrons. The van der Waals surface area contributed by atoms with Crippen LogP contribution in [0.2, 0.25) is 0 Å². The van der Waals surface area contributed by atoms with Gasteiger partial charge in [0.2, 0.25) is 35.2 Å². The lowest BCUT2D eigenvalue weighted by molar-refractivity contribution is -0.133. The normalized spacial score (nSPS) is 11.8. The lowest BCUT2D eigenvalue weighted by Crippen LogP contribution is -2.44. The Morgan fingerprint density at radius 1 is 0.643 bits per heavy atom. The van der Waals surface area contributed by atoms with E-state index in [9.17, 15) is 39.0 Å². The number of phenols is 2. The van der Waals surface area contributed by atoms with Crippen LogP contribution in [0, 0.1) is 0 Å². The summed E-state index contributed by atoms with van der Waals surface area (Å²) in [5.74, 6) is -5.12. The second-order valence-corrected chi connectivity index (χ2v) is 9.25. The molecule has 0 heterocycles. The Hall–Kier alpha value is -5.22. The van der Waals surface area contributed by atoms with Gasteiger partial charge in [-0.15, -0.1) is 0 Å². The Morgan fingerprint density at radius 2 is 1.00 bits per heavy atom. The summed E-state index contributed by atoms with van der Waals surface area (Å²) in [7, 11) is 0. The van der Waals surface area contributed by atoms with Crippen LogP contribution in [0.5, 0.6) is 11.5 Å². The summed E-state index contributed by atoms with van der Waals surface area (Å²) in [5, 5.41) is 26.8. The van der Waals surface area contributed by atoms with E-state index in [0.29, 0.717) is 0 Å². The van der Waals surface area contributed by atoms with Gasteiger partial charge in [0.15, 0.2) is 0 Å². The van der Waals surface area contributed by atoms with E-state index in [1.807, 2.05) is 0 Å². The maximum absolute atomic E-state index is 13.7. The molecule has 3 rings (SSSR count). The van der Waals surface area contributed by atoms with Crippen molar-refractivity contribution in [3.8, 4) is 11.5 Å². The van der Waals surface area contributed by atoms with Gasteiger partial charge in [-0.25, -0.2) is 0 Å². The number of anilines is 2. The van der Waals surface area contributed by atoms with E-state index in [-0.39, 0.29) is 86.0 Å². The first kappa shape index (κ1) is 31.3. The number of carbonyl (C=O) groups excluding carboxylic acids is 6. The van der Waals surface area contributed by atoms with E-state index in [0.717, 1.165) is 21.9 Å². The summed E-state index contributed by atoms with van der Waals surface area (Å²) in [6.45, 7) is -1.49. The van der Waals surface area contributed by atoms with Crippen LogP contribution in [0.4, 0.5) is 11.4 Å². The van der Waals surface area contributed by atoms with Crippen LogP contribution in [0.3, 0.4) is 0 Å². The number of nitrogens with two attached hydrogens (primary N) is 4. The lowest BCUT2D eigenvalue weighted by Gasteiger charge is -2.26. The van der Waals surface area contributed by atoms with Crippen molar-refractivity contribution in [2.75, 3.05) is 63.0 Å². The fourth-order valence-corrected chi connectivity index (χ4v) is 4.53. The standard InChI is InChI=1S/C26H32N8O8/c27-9-19(39)33(11-17(29)37)7-5-31-13-1-2-14(32-6-8-34(12-18(30)38)20(40)10-28)22-21(13)25(41)23-15(35)3-4-16(36)24(23)26(22)42/h1-4,31-32,35-36H,5-12,27-28H2,(H2,29,37)(H2,30,38). The quantitative estimate of drug-likeness (QED) is 0.0895. The maximum Gasteiger partial charge on any atom is 0.237 e. The van der Waals surface area contributed by atoms with Gasteiger partial charge in [0.05, 0.1) is 48.4 Å². The molecule has 16 heteroatoms. The zero-order valence-electron chi connectivity index (χ0n) is 22.5. The number of carbonyl (C=O) groups is 6. The van der Waals surface area contributed by atoms with Gasteiger partial charge in [-0.3, -0.25) is 28.8 Å². The topological polar surface area (TPSA) is 277 Å². The number of aromatic hydroxyl groups is 2. The minimum absolute atomic E-state index is 0.0157. The first-order valence-corrected chi connectivity index (χ1v) is 12.7. The number of fused-ring (bicyclic) bond motifs is 2. The predicted octanol–water partition coefficient (Wildman–Crippen LogP) is -2.76. The second-order valence-electron chi connectivity index (χ2n) is 9.25. The van der Waals surface area contributed by atoms with Crippen molar-refractivity contribution in [2.24, 2.45) is 22.9 Å². The summed E-state index contributed by atoms with van der Waals surface area (Å²) in [6.07, 6.45) is 0. The fourth-order valence-electron chi connectivity index (χ4n) is 4.53. The van der Waals surface area contributed by atoms with E-state index in [4.69, 9.17) is 22.9 Å². The highest BCUT2D eigenvalue weighted by Crippen LogP contribution is 2.42. The molecule has 1 aliphatic rings. The summed E-state index contributed by atoms with van der Waals surface area (Å²) in [4.78, 5) is 76.5. The number of nitrogens with zero attached hydrogens (tertiary/aromatic N) is 2. The molecule has 0 saturated carbocycles. The molecule has 0 bridgehead atoms. The molecule has 4 amide bonds. The predicted molar refractivity (Wildman–Crippen MR) is 150 cm³/mol. The minimum atomic E-state index is -0.764. The van der Waals surface area contributed by atoms with Crippen molar-refractivity contribution in [1.29, 1.82) is 0 Å². The molecular weight excluding hydrogens is 552 g/mol. The number of rotatable bonds is 14. The van der Waals surface area contributed by atoms with Gasteiger partial charge in [0.1, 0.15) is 11.5 Å². The largest absolute Gasteiger partial charge is 0.507 e. The van der Waals surface area contributed by atoms with Crippen molar-refractivity contribution < 1.29 is 39.0 Å². The van der Waals surface area contributed by atoms with Crippen molar-refractivity contribution in [3.05, 3.63) is 46.5 Å². The Kier molecular flexibility index (Phi) is 10.0. The fraction of sp³-hybridized carbons (Fsp3) is 0.308. The van der Waals surface area contributed by atoms with E-state index in [2.05, 4.69) is 10.6 Å². The van der Waals surface area contributed by atoms with Gasteiger partial charge in [0.25, 0.3) is 0 Å². The Morgan fingerprint density at radius 3 is 1.31 bits per heavy atom. The molecule has 2 aromatic carbocycles. The molecule has 42 heavy (non-hydrogen) atoms. The summed E-state index contributed by atoms with van der Waals surface area (Å²) < 4.78 is 0. The molecular formula is C26H32N8O8. The number of phenolic OH excluding ortho intramolecular Hbond substituents is 2. The summed E-state index contributed by atoms with van der Waals surface area (Å²) in [6, 6.07) is 5.13. The number of amides is 4. The third kappa shape index (κ3) is 6.73. The number of nitrogens with one attached hydrogen (secondary N) is 2. The van der Waals surface area contributed by atoms with Crippen LogP contribution < -0.4 is 33.6 Å². The highest BCUT2D eigenvalue weighted by molar-refractivity contribution is 6.33. The van der Waals surface area contributed by atoms with Gasteiger partial charge in [-0.2, -0.15) is 0 Å². The molecule has 0 radical (unpaired) electrons. The van der Waals surface area contributed by atoms with Gasteiger partial charge in [-0.1, -0.05) is 0 Å². The first-order valence-electron chi connectivity index (χ1n) is 12.7. The number of benzene rings is 2. The highest BCUT2D eigenvalue weighted by atomic mass is 16.3. The van der Waals surface area contributed by atoms with Crippen LogP contribution in [-0.4, -0.2) is 108 Å². The molecule has 12 N–H and O–H groups in total. The van der Waals surface area contributed by atoms with Crippen molar-refractivity contribution >= 4 is 46.6 Å². The zero-order valence-corrected chi connectivity index (χ0v) is 22.5. The Balaban J connectivity index is 1.97. The molecule has 0 fully saturated rings. The monoisotopic (exact) mass is 584 g/mol. The van der Waals surface area contributed by atoms with Crippen LogP contribution in [0.1, 0.15) is 31.8 Å². The average Bonchev–Trinajstić information content (AvgIpc) is 2.94. The molecule has 0 saturated heterocycles. The first-order chi connectivity index (χ1) is 19.9. The van der Waals surface area contributed by atoms with Gasteiger partial charge in [0, 0.05) is 37.6 Å². The SMILES string of the molecule is NCC(=O)N(CCNc1ccc(NCCN(CC(N)=O)C(=O)CN)c2c1C(=O)c1c(O)ccc(O)c1C2=O)CC(N)=O. The van der Waals surface area contributed by atoms with Crippen LogP contribution in [0.15, 0.2) is 24.3 Å². The maximum atomic E-state index is 13.7. The Labute approximate surface area is 239 Å². The van der Waals surface area contributed by atoms with Crippen LogP contribution in [0.25, 0.3) is 0 Å². The van der Waals surface area contributed by atoms with Gasteiger partial charge < -0.3 is 53.6 Å². The summed E-state index contributed by atoms with van der Waals surface area (Å²) in [5.41, 5.74) is 20.5. The Bertz CT molecular complexity index is 1340. The van der Waals surface area contributed by atoms with Gasteiger partial charge >= 0.3 is 0 Å². The third-order valence-electron chi connectivity index (χ3n) is 6.42. The number of ketones is 2. The number of primary amides is 2. The molecule has 0 unspecified atom stereocenters. The third-order valence-corrected chi connectivity index (χ3v) is 6.42. The van der Waals surface area contributed by atoms with Gasteiger partial charge in [-0.05, 0) is 24.3 Å². The average molecular weight is 585 g/mol. The zero-order chi connectivity index (χ0) is 31.1. The van der Waals surface area contributed by atoms with E-state index >= 15 is 0 Å². The minimum Gasteiger partial charge on any atom is -0.507 e. The molecule has 2 aromatic rings. The smallest absolute Gasteiger partial charge is 0.237 e. The molecule has 0 atom stereocenters. The number of hydrogen-bond donors (Lipinski definition) is 8. The molecule has 1 aliphatic carbocycles. The van der Waals surface area contributed by atoms with E-state index < -0.39 is 46.7 Å². The molecule has 0 aromatic heterocycles. The van der Waals surface area contributed by atoms with Crippen molar-refractivity contribution in [3.63, 3.8) is 0 Å². The molecule has 0 aliphatic heterocycles. The molecule has 0 spiro atoms. The number of hydrogen-bond acceptors (Lipinski definition) is 12. The van der Waals surface area contributed by atoms with E-state index in [1.165, 1.54) is 12.1 Å². The highest BCUT2D eigenvalue weighted by Gasteiger charge is 2.38. The van der Waals surface area contributed by atoms with Crippen molar-refractivity contribution in [2.45, 2.75) is 0 Å². The van der Waals surface area contributed by atoms with Crippen LogP contribution in [-0.2, 0) is 19.2 Å². The molecule has 16 nitrogen and oxygen atoms in total. The van der Waals surface area contributed by atoms with Crippen molar-refractivity contribution in [1.82, 2.24) is 9.80 Å². The lowest BCUT2D eigenvalue weighted by atomic mass is 9.81.